The number of carbonyl (C=O) groups is 1. The fourth-order valence-corrected chi connectivity index (χ4v) is 2.95. The van der Waals surface area contributed by atoms with Gasteiger partial charge in [-0.05, 0) is 43.4 Å². The van der Waals surface area contributed by atoms with E-state index in [0.717, 1.165) is 25.7 Å². The molecule has 2 amide bonds. The van der Waals surface area contributed by atoms with E-state index in [0.29, 0.717) is 22.6 Å². The van der Waals surface area contributed by atoms with Crippen molar-refractivity contribution in [3.05, 3.63) is 28.5 Å². The number of halogens is 2. The molecule has 2 rings (SSSR count). The Hall–Kier alpha value is -1.14. The summed E-state index contributed by atoms with van der Waals surface area (Å²) in [6.45, 7) is 0.527. The van der Waals surface area contributed by atoms with Gasteiger partial charge in [0.2, 0.25) is 0 Å². The topological polar surface area (TPSA) is 61.4 Å². The van der Waals surface area contributed by atoms with E-state index in [1.165, 1.54) is 12.1 Å². The molecule has 0 radical (unpaired) electrons. The Kier molecular flexibility index (Phi) is 5.37. The predicted octanol–water partition coefficient (Wildman–Crippen LogP) is 3.26. The molecule has 0 spiro atoms. The average Bonchev–Trinajstić information content (AvgIpc) is 2.35. The number of benzene rings is 1. The van der Waals surface area contributed by atoms with Gasteiger partial charge in [-0.2, -0.15) is 0 Å². The zero-order valence-electron chi connectivity index (χ0n) is 11.0. The fourth-order valence-electron chi connectivity index (χ4n) is 2.49. The van der Waals surface area contributed by atoms with Gasteiger partial charge in [-0.3, -0.25) is 0 Å². The summed E-state index contributed by atoms with van der Waals surface area (Å²) >= 11 is 3.17. The molecule has 2 atom stereocenters. The molecule has 2 unspecified atom stereocenters. The highest BCUT2D eigenvalue weighted by atomic mass is 79.9. The van der Waals surface area contributed by atoms with E-state index in [-0.39, 0.29) is 12.1 Å². The van der Waals surface area contributed by atoms with Gasteiger partial charge < -0.3 is 15.7 Å². The third-order valence-electron chi connectivity index (χ3n) is 3.43. The summed E-state index contributed by atoms with van der Waals surface area (Å²) in [6, 6.07) is 3.86. The smallest absolute Gasteiger partial charge is 0.319 e. The molecular formula is C14H18BrFN2O2. The Bertz CT molecular complexity index is 464. The Morgan fingerprint density at radius 2 is 2.20 bits per heavy atom. The van der Waals surface area contributed by atoms with Crippen LogP contribution in [0.2, 0.25) is 0 Å². The zero-order chi connectivity index (χ0) is 14.5. The molecule has 1 saturated carbocycles. The molecule has 1 aliphatic carbocycles. The molecular weight excluding hydrogens is 327 g/mol. The van der Waals surface area contributed by atoms with Crippen LogP contribution >= 0.6 is 15.9 Å². The molecule has 0 aromatic heterocycles. The maximum absolute atomic E-state index is 13.2. The van der Waals surface area contributed by atoms with Crippen LogP contribution in [0.15, 0.2) is 22.7 Å². The van der Waals surface area contributed by atoms with Crippen LogP contribution in [0, 0.1) is 11.7 Å². The second kappa shape index (κ2) is 7.04. The molecule has 6 heteroatoms. The van der Waals surface area contributed by atoms with Crippen LogP contribution in [0.1, 0.15) is 25.7 Å². The molecule has 110 valence electrons. The van der Waals surface area contributed by atoms with Crippen molar-refractivity contribution in [3.63, 3.8) is 0 Å². The van der Waals surface area contributed by atoms with E-state index in [1.54, 1.807) is 6.07 Å². The van der Waals surface area contributed by atoms with E-state index in [1.807, 2.05) is 0 Å². The normalized spacial score (nSPS) is 22.4. The number of hydrogen-bond acceptors (Lipinski definition) is 2. The molecule has 0 bridgehead atoms. The number of urea groups is 1. The third kappa shape index (κ3) is 4.76. The van der Waals surface area contributed by atoms with Gasteiger partial charge in [-0.15, -0.1) is 0 Å². The molecule has 0 heterocycles. The number of aliphatic hydroxyl groups excluding tert-OH is 1. The summed E-state index contributed by atoms with van der Waals surface area (Å²) in [4.78, 5) is 11.7. The van der Waals surface area contributed by atoms with Crippen molar-refractivity contribution in [2.75, 3.05) is 11.9 Å². The van der Waals surface area contributed by atoms with Gasteiger partial charge in [-0.25, -0.2) is 9.18 Å². The monoisotopic (exact) mass is 344 g/mol. The molecule has 1 aromatic rings. The molecule has 3 N–H and O–H groups in total. The van der Waals surface area contributed by atoms with Crippen molar-refractivity contribution in [2.45, 2.75) is 31.8 Å². The predicted molar refractivity (Wildman–Crippen MR) is 79.1 cm³/mol. The lowest BCUT2D eigenvalue weighted by molar-refractivity contribution is 0.101. The van der Waals surface area contributed by atoms with Crippen molar-refractivity contribution in [1.29, 1.82) is 0 Å². The first-order valence-corrected chi connectivity index (χ1v) is 7.51. The maximum atomic E-state index is 13.2. The first-order chi connectivity index (χ1) is 9.52. The summed E-state index contributed by atoms with van der Waals surface area (Å²) in [5.74, 6) is -0.103. The van der Waals surface area contributed by atoms with Crippen LogP contribution in [0.4, 0.5) is 14.9 Å². The minimum Gasteiger partial charge on any atom is -0.393 e. The molecule has 0 saturated heterocycles. The van der Waals surface area contributed by atoms with Crippen LogP contribution in [0.25, 0.3) is 0 Å². The number of anilines is 1. The molecule has 20 heavy (non-hydrogen) atoms. The van der Waals surface area contributed by atoms with Gasteiger partial charge >= 0.3 is 6.03 Å². The first kappa shape index (κ1) is 15.3. The number of nitrogens with one attached hydrogen (secondary N) is 2. The van der Waals surface area contributed by atoms with Crippen LogP contribution in [0.5, 0.6) is 0 Å². The van der Waals surface area contributed by atoms with E-state index < -0.39 is 5.82 Å². The summed E-state index contributed by atoms with van der Waals surface area (Å²) in [5, 5.41) is 14.9. The van der Waals surface area contributed by atoms with Gasteiger partial charge in [0.15, 0.2) is 0 Å². The molecule has 1 aliphatic rings. The standard InChI is InChI=1S/C14H18BrFN2O2/c15-10-5-11(16)7-12(6-10)18-14(20)17-8-9-2-1-3-13(19)4-9/h5-7,9,13,19H,1-4,8H2,(H2,17,18,20). The van der Waals surface area contributed by atoms with E-state index in [2.05, 4.69) is 26.6 Å². The highest BCUT2D eigenvalue weighted by molar-refractivity contribution is 9.10. The van der Waals surface area contributed by atoms with Crippen molar-refractivity contribution in [2.24, 2.45) is 5.92 Å². The van der Waals surface area contributed by atoms with E-state index in [9.17, 15) is 14.3 Å². The van der Waals surface area contributed by atoms with Crippen molar-refractivity contribution < 1.29 is 14.3 Å². The Morgan fingerprint density at radius 3 is 2.90 bits per heavy atom. The number of amides is 2. The minimum atomic E-state index is -0.412. The molecule has 1 aromatic carbocycles. The SMILES string of the molecule is O=C(NCC1CCCC(O)C1)Nc1cc(F)cc(Br)c1. The van der Waals surface area contributed by atoms with Crippen molar-refractivity contribution in [3.8, 4) is 0 Å². The lowest BCUT2D eigenvalue weighted by Crippen LogP contribution is -2.35. The van der Waals surface area contributed by atoms with Crippen LogP contribution in [-0.4, -0.2) is 23.8 Å². The fraction of sp³-hybridized carbons (Fsp3) is 0.500. The Balaban J connectivity index is 1.80. The molecule has 0 aliphatic heterocycles. The number of hydrogen-bond donors (Lipinski definition) is 3. The number of aliphatic hydroxyl groups is 1. The summed E-state index contributed by atoms with van der Waals surface area (Å²) in [5.41, 5.74) is 0.401. The minimum absolute atomic E-state index is 0.252. The summed E-state index contributed by atoms with van der Waals surface area (Å²) in [6.07, 6.45) is 3.33. The van der Waals surface area contributed by atoms with Crippen molar-refractivity contribution in [1.82, 2.24) is 5.32 Å². The second-order valence-corrected chi connectivity index (χ2v) is 6.10. The largest absolute Gasteiger partial charge is 0.393 e. The van der Waals surface area contributed by atoms with E-state index >= 15 is 0 Å². The molecule has 4 nitrogen and oxygen atoms in total. The number of carbonyl (C=O) groups excluding carboxylic acids is 1. The zero-order valence-corrected chi connectivity index (χ0v) is 12.6. The van der Waals surface area contributed by atoms with Crippen LogP contribution < -0.4 is 10.6 Å². The highest BCUT2D eigenvalue weighted by Crippen LogP contribution is 2.23. The van der Waals surface area contributed by atoms with Crippen LogP contribution in [-0.2, 0) is 0 Å². The maximum Gasteiger partial charge on any atom is 0.319 e. The first-order valence-electron chi connectivity index (χ1n) is 6.72. The lowest BCUT2D eigenvalue weighted by Gasteiger charge is -2.25. The highest BCUT2D eigenvalue weighted by Gasteiger charge is 2.20. The lowest BCUT2D eigenvalue weighted by atomic mass is 9.87. The quantitative estimate of drug-likeness (QED) is 0.788. The Morgan fingerprint density at radius 1 is 1.40 bits per heavy atom. The van der Waals surface area contributed by atoms with Gasteiger partial charge in [0, 0.05) is 16.7 Å². The third-order valence-corrected chi connectivity index (χ3v) is 3.88. The van der Waals surface area contributed by atoms with Crippen LogP contribution in [0.3, 0.4) is 0 Å². The number of rotatable bonds is 3. The summed E-state index contributed by atoms with van der Waals surface area (Å²) < 4.78 is 13.7. The van der Waals surface area contributed by atoms with Gasteiger partial charge in [0.1, 0.15) is 5.82 Å². The van der Waals surface area contributed by atoms with Gasteiger partial charge in [0.05, 0.1) is 6.10 Å². The van der Waals surface area contributed by atoms with Gasteiger partial charge in [-0.1, -0.05) is 22.4 Å². The average molecular weight is 345 g/mol. The summed E-state index contributed by atoms with van der Waals surface area (Å²) in [7, 11) is 0. The Labute approximate surface area is 125 Å². The van der Waals surface area contributed by atoms with Crippen molar-refractivity contribution >= 4 is 27.6 Å². The second-order valence-electron chi connectivity index (χ2n) is 5.18. The van der Waals surface area contributed by atoms with Gasteiger partial charge in [0.25, 0.3) is 0 Å². The molecule has 1 fully saturated rings. The van der Waals surface area contributed by atoms with E-state index in [4.69, 9.17) is 0 Å².